The average Bonchev–Trinajstić information content (AvgIpc) is 2.18. The molecule has 0 fully saturated rings. The van der Waals surface area contributed by atoms with E-state index in [1.807, 2.05) is 26.8 Å². The minimum atomic E-state index is -0.447. The molecule has 1 aliphatic rings. The number of amides is 1. The third-order valence-electron chi connectivity index (χ3n) is 2.36. The molecule has 5 nitrogen and oxygen atoms in total. The van der Waals surface area contributed by atoms with Gasteiger partial charge in [0, 0.05) is 11.7 Å². The van der Waals surface area contributed by atoms with Crippen LogP contribution in [0, 0.1) is 0 Å². The van der Waals surface area contributed by atoms with Crippen molar-refractivity contribution in [1.29, 1.82) is 0 Å². The first-order valence-corrected chi connectivity index (χ1v) is 5.88. The highest BCUT2D eigenvalue weighted by atomic mass is 16.6. The minimum absolute atomic E-state index is 0.146. The monoisotopic (exact) mass is 242 g/mol. The van der Waals surface area contributed by atoms with Gasteiger partial charge >= 0.3 is 6.09 Å². The van der Waals surface area contributed by atoms with Gasteiger partial charge in [0.25, 0.3) is 0 Å². The van der Waals surface area contributed by atoms with Gasteiger partial charge in [-0.15, -0.1) is 0 Å². The molecule has 1 rings (SSSR count). The molecule has 0 aromatic heterocycles. The van der Waals surface area contributed by atoms with E-state index in [1.54, 1.807) is 7.11 Å². The molecule has 0 bridgehead atoms. The lowest BCUT2D eigenvalue weighted by Crippen LogP contribution is -2.40. The van der Waals surface area contributed by atoms with Gasteiger partial charge in [-0.3, -0.25) is 10.3 Å². The molecule has 0 heterocycles. The fourth-order valence-electron chi connectivity index (χ4n) is 1.66. The fraction of sp³-hybridized carbons (Fsp3) is 0.750. The van der Waals surface area contributed by atoms with Crippen LogP contribution in [0.25, 0.3) is 0 Å². The van der Waals surface area contributed by atoms with Gasteiger partial charge < -0.3 is 10.1 Å². The van der Waals surface area contributed by atoms with Crippen molar-refractivity contribution in [1.82, 2.24) is 10.8 Å². The van der Waals surface area contributed by atoms with Crippen molar-refractivity contribution in [3.8, 4) is 0 Å². The molecule has 0 radical (unpaired) electrons. The number of hydrogen-bond donors (Lipinski definition) is 2. The first kappa shape index (κ1) is 13.8. The first-order valence-electron chi connectivity index (χ1n) is 5.88. The SMILES string of the molecule is CONC1=CCC(NC(=O)OC(C)(C)C)CC1. The summed E-state index contributed by atoms with van der Waals surface area (Å²) in [5.74, 6) is 0. The number of allylic oxidation sites excluding steroid dienone is 1. The van der Waals surface area contributed by atoms with Gasteiger partial charge in [-0.2, -0.15) is 0 Å². The average molecular weight is 242 g/mol. The lowest BCUT2D eigenvalue weighted by molar-refractivity contribution is 0.0498. The van der Waals surface area contributed by atoms with Crippen LogP contribution in [0.4, 0.5) is 4.79 Å². The second kappa shape index (κ2) is 5.91. The molecule has 1 amide bonds. The first-order chi connectivity index (χ1) is 7.90. The summed E-state index contributed by atoms with van der Waals surface area (Å²) in [6.07, 6.45) is 4.24. The zero-order valence-electron chi connectivity index (χ0n) is 11.0. The van der Waals surface area contributed by atoms with Crippen molar-refractivity contribution < 1.29 is 14.4 Å². The maximum absolute atomic E-state index is 11.5. The van der Waals surface area contributed by atoms with Crippen LogP contribution in [0.1, 0.15) is 40.0 Å². The van der Waals surface area contributed by atoms with Crippen LogP contribution >= 0.6 is 0 Å². The molecule has 0 saturated heterocycles. The van der Waals surface area contributed by atoms with Crippen LogP contribution in [-0.4, -0.2) is 24.8 Å². The van der Waals surface area contributed by atoms with Crippen LogP contribution in [-0.2, 0) is 9.57 Å². The van der Waals surface area contributed by atoms with Crippen LogP contribution in [0.3, 0.4) is 0 Å². The number of rotatable bonds is 3. The molecule has 5 heteroatoms. The van der Waals surface area contributed by atoms with E-state index in [4.69, 9.17) is 9.57 Å². The second-order valence-electron chi connectivity index (χ2n) is 5.15. The van der Waals surface area contributed by atoms with Crippen molar-refractivity contribution in [3.63, 3.8) is 0 Å². The van der Waals surface area contributed by atoms with Crippen molar-refractivity contribution in [2.75, 3.05) is 7.11 Å². The van der Waals surface area contributed by atoms with Gasteiger partial charge in [-0.05, 0) is 40.0 Å². The highest BCUT2D eigenvalue weighted by molar-refractivity contribution is 5.68. The second-order valence-corrected chi connectivity index (χ2v) is 5.15. The van der Waals surface area contributed by atoms with Crippen LogP contribution < -0.4 is 10.8 Å². The van der Waals surface area contributed by atoms with Crippen molar-refractivity contribution in [3.05, 3.63) is 11.8 Å². The highest BCUT2D eigenvalue weighted by Gasteiger charge is 2.21. The Morgan fingerprint density at radius 3 is 2.65 bits per heavy atom. The standard InChI is InChI=1S/C12H22N2O3/c1-12(2,3)17-11(15)13-9-5-7-10(8-6-9)14-16-4/h7,9,14H,5-6,8H2,1-4H3,(H,13,15). The largest absolute Gasteiger partial charge is 0.444 e. The van der Waals surface area contributed by atoms with Gasteiger partial charge in [-0.25, -0.2) is 4.79 Å². The molecule has 17 heavy (non-hydrogen) atoms. The highest BCUT2D eigenvalue weighted by Crippen LogP contribution is 2.17. The Kier molecular flexibility index (Phi) is 4.81. The van der Waals surface area contributed by atoms with E-state index in [1.165, 1.54) is 0 Å². The molecule has 1 unspecified atom stereocenters. The van der Waals surface area contributed by atoms with Crippen LogP contribution in [0.2, 0.25) is 0 Å². The summed E-state index contributed by atoms with van der Waals surface area (Å²) < 4.78 is 5.20. The number of hydroxylamine groups is 1. The molecule has 98 valence electrons. The van der Waals surface area contributed by atoms with Crippen molar-refractivity contribution >= 4 is 6.09 Å². The zero-order valence-corrected chi connectivity index (χ0v) is 11.0. The predicted molar refractivity (Wildman–Crippen MR) is 65.2 cm³/mol. The number of carbonyl (C=O) groups is 1. The van der Waals surface area contributed by atoms with E-state index in [0.29, 0.717) is 0 Å². The minimum Gasteiger partial charge on any atom is -0.444 e. The number of ether oxygens (including phenoxy) is 1. The lowest BCUT2D eigenvalue weighted by Gasteiger charge is -2.25. The third kappa shape index (κ3) is 5.58. The summed E-state index contributed by atoms with van der Waals surface area (Å²) in [4.78, 5) is 16.4. The molecular weight excluding hydrogens is 220 g/mol. The van der Waals surface area contributed by atoms with Crippen LogP contribution in [0.15, 0.2) is 11.8 Å². The zero-order chi connectivity index (χ0) is 12.9. The summed E-state index contributed by atoms with van der Waals surface area (Å²) >= 11 is 0. The van der Waals surface area contributed by atoms with E-state index in [0.717, 1.165) is 25.0 Å². The van der Waals surface area contributed by atoms with Crippen molar-refractivity contribution in [2.45, 2.75) is 51.7 Å². The normalized spacial score (nSPS) is 20.5. The predicted octanol–water partition coefficient (Wildman–Crippen LogP) is 2.10. The third-order valence-corrected chi connectivity index (χ3v) is 2.36. The molecule has 1 atom stereocenters. The van der Waals surface area contributed by atoms with E-state index in [-0.39, 0.29) is 12.1 Å². The van der Waals surface area contributed by atoms with Crippen LogP contribution in [0.5, 0.6) is 0 Å². The van der Waals surface area contributed by atoms with E-state index in [2.05, 4.69) is 10.8 Å². The number of carbonyl (C=O) groups excluding carboxylic acids is 1. The Balaban J connectivity index is 2.33. The summed E-state index contributed by atoms with van der Waals surface area (Å²) in [6.45, 7) is 5.57. The number of alkyl carbamates (subject to hydrolysis) is 1. The quantitative estimate of drug-likeness (QED) is 0.744. The molecule has 0 aromatic carbocycles. The lowest BCUT2D eigenvalue weighted by atomic mass is 10.00. The summed E-state index contributed by atoms with van der Waals surface area (Å²) in [5, 5.41) is 2.86. The van der Waals surface area contributed by atoms with E-state index >= 15 is 0 Å². The fourth-order valence-corrected chi connectivity index (χ4v) is 1.66. The Morgan fingerprint density at radius 2 is 2.18 bits per heavy atom. The molecule has 1 aliphatic carbocycles. The molecule has 0 saturated carbocycles. The Morgan fingerprint density at radius 1 is 1.47 bits per heavy atom. The Labute approximate surface area is 103 Å². The topological polar surface area (TPSA) is 59.6 Å². The smallest absolute Gasteiger partial charge is 0.407 e. The maximum atomic E-state index is 11.5. The maximum Gasteiger partial charge on any atom is 0.407 e. The van der Waals surface area contributed by atoms with Gasteiger partial charge in [0.05, 0.1) is 7.11 Å². The summed E-state index contributed by atoms with van der Waals surface area (Å²) in [6, 6.07) is 0.146. The molecular formula is C12H22N2O3. The van der Waals surface area contributed by atoms with Gasteiger partial charge in [0.2, 0.25) is 0 Å². The van der Waals surface area contributed by atoms with E-state index < -0.39 is 5.60 Å². The Hall–Kier alpha value is -1.23. The van der Waals surface area contributed by atoms with Gasteiger partial charge in [-0.1, -0.05) is 6.08 Å². The number of nitrogens with one attached hydrogen (secondary N) is 2. The van der Waals surface area contributed by atoms with Gasteiger partial charge in [0.1, 0.15) is 5.60 Å². The molecule has 0 aliphatic heterocycles. The molecule has 2 N–H and O–H groups in total. The number of hydrogen-bond acceptors (Lipinski definition) is 4. The Bertz CT molecular complexity index is 295. The van der Waals surface area contributed by atoms with Crippen molar-refractivity contribution in [2.24, 2.45) is 0 Å². The molecule has 0 spiro atoms. The van der Waals surface area contributed by atoms with Gasteiger partial charge in [0.15, 0.2) is 0 Å². The molecule has 0 aromatic rings. The van der Waals surface area contributed by atoms with E-state index in [9.17, 15) is 4.79 Å². The summed E-state index contributed by atoms with van der Waals surface area (Å²) in [7, 11) is 1.59. The summed E-state index contributed by atoms with van der Waals surface area (Å²) in [5.41, 5.74) is 3.43.